The Morgan fingerprint density at radius 2 is 2.00 bits per heavy atom. The first-order valence-electron chi connectivity index (χ1n) is 5.01. The number of fused-ring (bicyclic) bond motifs is 1. The molecule has 0 aliphatic carbocycles. The number of aliphatic hydroxyl groups excluding tert-OH is 1. The number of aryl methyl sites for hydroxylation is 1. The zero-order valence-corrected chi connectivity index (χ0v) is 9.04. The van der Waals surface area contributed by atoms with E-state index >= 15 is 0 Å². The zero-order chi connectivity index (χ0) is 12.6. The molecule has 0 spiro atoms. The third-order valence-corrected chi connectivity index (χ3v) is 2.52. The molecule has 90 valence electrons. The number of aromatic nitrogens is 1. The molecule has 0 fully saturated rings. The first-order chi connectivity index (χ1) is 7.93. The van der Waals surface area contributed by atoms with Crippen LogP contribution in [0.5, 0.6) is 0 Å². The van der Waals surface area contributed by atoms with Gasteiger partial charge in [0.15, 0.2) is 0 Å². The second-order valence-corrected chi connectivity index (χ2v) is 3.78. The molecule has 0 amide bonds. The monoisotopic (exact) mass is 241 g/mol. The highest BCUT2D eigenvalue weighted by Gasteiger charge is 2.33. The van der Waals surface area contributed by atoms with E-state index in [0.717, 1.165) is 6.07 Å². The molecule has 2 nitrogen and oxygen atoms in total. The SMILES string of the molecule is Cc1cc(CO)c2c(C(F)(F)F)cccc2n1. The van der Waals surface area contributed by atoms with Crippen molar-refractivity contribution in [3.63, 3.8) is 0 Å². The minimum Gasteiger partial charge on any atom is -0.392 e. The van der Waals surface area contributed by atoms with Gasteiger partial charge in [-0.1, -0.05) is 6.07 Å². The second kappa shape index (κ2) is 4.00. The van der Waals surface area contributed by atoms with Gasteiger partial charge in [-0.25, -0.2) is 0 Å². The topological polar surface area (TPSA) is 33.1 Å². The Morgan fingerprint density at radius 1 is 1.29 bits per heavy atom. The smallest absolute Gasteiger partial charge is 0.392 e. The molecule has 1 aromatic carbocycles. The highest BCUT2D eigenvalue weighted by molar-refractivity contribution is 5.86. The van der Waals surface area contributed by atoms with Crippen molar-refractivity contribution in [1.29, 1.82) is 0 Å². The summed E-state index contributed by atoms with van der Waals surface area (Å²) in [5.41, 5.74) is 0.330. The van der Waals surface area contributed by atoms with Crippen molar-refractivity contribution >= 4 is 10.9 Å². The fourth-order valence-electron chi connectivity index (χ4n) is 1.88. The highest BCUT2D eigenvalue weighted by Crippen LogP contribution is 2.35. The van der Waals surface area contributed by atoms with Crippen LogP contribution in [0.15, 0.2) is 24.3 Å². The summed E-state index contributed by atoms with van der Waals surface area (Å²) in [5, 5.41) is 9.13. The van der Waals surface area contributed by atoms with E-state index < -0.39 is 18.3 Å². The summed E-state index contributed by atoms with van der Waals surface area (Å²) >= 11 is 0. The van der Waals surface area contributed by atoms with Crippen LogP contribution in [0.25, 0.3) is 10.9 Å². The predicted molar refractivity (Wildman–Crippen MR) is 57.4 cm³/mol. The van der Waals surface area contributed by atoms with Crippen molar-refractivity contribution in [2.24, 2.45) is 0 Å². The van der Waals surface area contributed by atoms with Gasteiger partial charge < -0.3 is 5.11 Å². The van der Waals surface area contributed by atoms with Crippen molar-refractivity contribution in [3.8, 4) is 0 Å². The standard InChI is InChI=1S/C12H10F3NO/c1-7-5-8(6-17)11-9(12(13,14)15)3-2-4-10(11)16-7/h2-5,17H,6H2,1H3. The molecular weight excluding hydrogens is 231 g/mol. The fraction of sp³-hybridized carbons (Fsp3) is 0.250. The van der Waals surface area contributed by atoms with Gasteiger partial charge in [-0.3, -0.25) is 4.98 Å². The average molecular weight is 241 g/mol. The Morgan fingerprint density at radius 3 is 2.59 bits per heavy atom. The van der Waals surface area contributed by atoms with Crippen LogP contribution in [-0.4, -0.2) is 10.1 Å². The first-order valence-corrected chi connectivity index (χ1v) is 5.01. The fourth-order valence-corrected chi connectivity index (χ4v) is 1.88. The van der Waals surface area contributed by atoms with Crippen LogP contribution in [0, 0.1) is 6.92 Å². The molecule has 0 atom stereocenters. The van der Waals surface area contributed by atoms with E-state index in [1.165, 1.54) is 18.2 Å². The average Bonchev–Trinajstić information content (AvgIpc) is 2.25. The minimum atomic E-state index is -4.44. The van der Waals surface area contributed by atoms with Gasteiger partial charge in [0.05, 0.1) is 17.7 Å². The molecule has 2 rings (SSSR count). The summed E-state index contributed by atoms with van der Waals surface area (Å²) in [5.74, 6) is 0. The van der Waals surface area contributed by atoms with E-state index in [2.05, 4.69) is 4.98 Å². The lowest BCUT2D eigenvalue weighted by Crippen LogP contribution is -2.07. The summed E-state index contributed by atoms with van der Waals surface area (Å²) in [6.45, 7) is 1.24. The Bertz CT molecular complexity index is 563. The van der Waals surface area contributed by atoms with Crippen molar-refractivity contribution in [3.05, 3.63) is 41.1 Å². The summed E-state index contributed by atoms with van der Waals surface area (Å²) in [7, 11) is 0. The van der Waals surface area contributed by atoms with Crippen LogP contribution < -0.4 is 0 Å². The molecular formula is C12H10F3NO. The second-order valence-electron chi connectivity index (χ2n) is 3.78. The lowest BCUT2D eigenvalue weighted by molar-refractivity contribution is -0.136. The quantitative estimate of drug-likeness (QED) is 0.832. The van der Waals surface area contributed by atoms with E-state index in [1.807, 2.05) is 0 Å². The molecule has 0 radical (unpaired) electrons. The van der Waals surface area contributed by atoms with E-state index in [0.29, 0.717) is 5.69 Å². The Kier molecular flexibility index (Phi) is 2.79. The van der Waals surface area contributed by atoms with Crippen LogP contribution in [0.2, 0.25) is 0 Å². The number of rotatable bonds is 1. The maximum atomic E-state index is 12.8. The van der Waals surface area contributed by atoms with Gasteiger partial charge in [-0.15, -0.1) is 0 Å². The van der Waals surface area contributed by atoms with E-state index in [4.69, 9.17) is 5.11 Å². The normalized spacial score (nSPS) is 12.1. The number of halogens is 3. The first kappa shape index (κ1) is 11.9. The van der Waals surface area contributed by atoms with Gasteiger partial charge in [-0.05, 0) is 30.7 Å². The van der Waals surface area contributed by atoms with Crippen molar-refractivity contribution < 1.29 is 18.3 Å². The van der Waals surface area contributed by atoms with Crippen molar-refractivity contribution in [2.75, 3.05) is 0 Å². The van der Waals surface area contributed by atoms with Crippen LogP contribution in [0.1, 0.15) is 16.8 Å². The van der Waals surface area contributed by atoms with Gasteiger partial charge in [0.2, 0.25) is 0 Å². The molecule has 0 bridgehead atoms. The molecule has 1 aromatic heterocycles. The lowest BCUT2D eigenvalue weighted by atomic mass is 10.0. The van der Waals surface area contributed by atoms with Crippen LogP contribution in [0.4, 0.5) is 13.2 Å². The van der Waals surface area contributed by atoms with E-state index in [-0.39, 0.29) is 16.5 Å². The predicted octanol–water partition coefficient (Wildman–Crippen LogP) is 3.05. The number of alkyl halides is 3. The maximum absolute atomic E-state index is 12.8. The van der Waals surface area contributed by atoms with Gasteiger partial charge in [0.25, 0.3) is 0 Å². The molecule has 1 heterocycles. The largest absolute Gasteiger partial charge is 0.417 e. The molecule has 0 saturated carbocycles. The van der Waals surface area contributed by atoms with Crippen molar-refractivity contribution in [1.82, 2.24) is 4.98 Å². The van der Waals surface area contributed by atoms with Crippen LogP contribution in [0.3, 0.4) is 0 Å². The summed E-state index contributed by atoms with van der Waals surface area (Å²) in [4.78, 5) is 4.05. The lowest BCUT2D eigenvalue weighted by Gasteiger charge is -2.13. The van der Waals surface area contributed by atoms with Crippen molar-refractivity contribution in [2.45, 2.75) is 19.7 Å². The van der Waals surface area contributed by atoms with Crippen LogP contribution in [-0.2, 0) is 12.8 Å². The molecule has 0 saturated heterocycles. The van der Waals surface area contributed by atoms with Gasteiger partial charge in [0.1, 0.15) is 0 Å². The molecule has 0 unspecified atom stereocenters. The van der Waals surface area contributed by atoms with E-state index in [9.17, 15) is 13.2 Å². The Balaban J connectivity index is 2.87. The van der Waals surface area contributed by atoms with Gasteiger partial charge in [-0.2, -0.15) is 13.2 Å². The summed E-state index contributed by atoms with van der Waals surface area (Å²) in [6.07, 6.45) is -4.44. The number of pyridine rings is 1. The molecule has 1 N–H and O–H groups in total. The molecule has 0 aliphatic rings. The molecule has 5 heteroatoms. The summed E-state index contributed by atoms with van der Waals surface area (Å²) in [6, 6.07) is 5.30. The number of hydrogen-bond donors (Lipinski definition) is 1. The number of benzene rings is 1. The van der Waals surface area contributed by atoms with Crippen LogP contribution >= 0.6 is 0 Å². The maximum Gasteiger partial charge on any atom is 0.417 e. The Hall–Kier alpha value is -1.62. The molecule has 17 heavy (non-hydrogen) atoms. The highest BCUT2D eigenvalue weighted by atomic mass is 19.4. The number of nitrogens with zero attached hydrogens (tertiary/aromatic N) is 1. The van der Waals surface area contributed by atoms with E-state index in [1.54, 1.807) is 6.92 Å². The van der Waals surface area contributed by atoms with Gasteiger partial charge in [0, 0.05) is 11.1 Å². The summed E-state index contributed by atoms with van der Waals surface area (Å²) < 4.78 is 38.5. The number of hydrogen-bond acceptors (Lipinski definition) is 2. The minimum absolute atomic E-state index is 0.0203. The molecule has 2 aromatic rings. The number of aliphatic hydroxyl groups is 1. The third kappa shape index (κ3) is 2.10. The Labute approximate surface area is 95.7 Å². The molecule has 0 aliphatic heterocycles. The van der Waals surface area contributed by atoms with Gasteiger partial charge >= 0.3 is 6.18 Å². The third-order valence-electron chi connectivity index (χ3n) is 2.52. The zero-order valence-electron chi connectivity index (χ0n) is 9.04.